The first-order valence-electron chi connectivity index (χ1n) is 2.02. The van der Waals surface area contributed by atoms with E-state index in [0.717, 1.165) is 0 Å². The third-order valence-corrected chi connectivity index (χ3v) is 0.626. The lowest BCUT2D eigenvalue weighted by molar-refractivity contribution is -0.139. The van der Waals surface area contributed by atoms with Gasteiger partial charge in [0.25, 0.3) is 0 Å². The predicted molar refractivity (Wildman–Crippen MR) is 22.0 cm³/mol. The molecule has 0 aliphatic rings. The molecule has 0 radical (unpaired) electrons. The van der Waals surface area contributed by atoms with Crippen LogP contribution < -0.4 is 0 Å². The average molecular weight is 140 g/mol. The van der Waals surface area contributed by atoms with Crippen molar-refractivity contribution in [1.82, 2.24) is 0 Å². The Morgan fingerprint density at radius 1 is 1.44 bits per heavy atom. The maximum Gasteiger partial charge on any atom is 0.338 e. The van der Waals surface area contributed by atoms with Crippen LogP contribution in [0.3, 0.4) is 0 Å². The second-order valence-corrected chi connectivity index (χ2v) is 1.29. The number of halogens is 3. The van der Waals surface area contributed by atoms with Crippen LogP contribution >= 0.6 is 0 Å². The fourth-order valence-corrected chi connectivity index (χ4v) is 0.194. The zero-order chi connectivity index (χ0) is 7.44. The Hall–Kier alpha value is -0.870. The molecule has 2 nitrogen and oxygen atoms in total. The molecular weight excluding hydrogens is 137 g/mol. The molecule has 0 saturated heterocycles. The van der Waals surface area contributed by atoms with Gasteiger partial charge in [0.05, 0.1) is 0 Å². The topological polar surface area (TPSA) is 34.1 Å². The second-order valence-electron chi connectivity index (χ2n) is 1.29. The highest BCUT2D eigenvalue weighted by atomic mass is 19.2. The number of carbonyl (C=O) groups excluding carboxylic acids is 2. The smallest absolute Gasteiger partial charge is 0.300 e. The third kappa shape index (κ3) is 2.25. The SMILES string of the molecule is O=CC(F)C(F)C(=O)F. The summed E-state index contributed by atoms with van der Waals surface area (Å²) in [5, 5.41) is 0. The summed E-state index contributed by atoms with van der Waals surface area (Å²) in [7, 11) is 0. The molecule has 0 aromatic rings. The normalized spacial score (nSPS) is 16.3. The van der Waals surface area contributed by atoms with Crippen molar-refractivity contribution in [2.24, 2.45) is 0 Å². The van der Waals surface area contributed by atoms with Crippen molar-refractivity contribution in [3.8, 4) is 0 Å². The molecule has 0 aliphatic heterocycles. The van der Waals surface area contributed by atoms with E-state index in [2.05, 4.69) is 0 Å². The quantitative estimate of drug-likeness (QED) is 0.419. The largest absolute Gasteiger partial charge is 0.338 e. The zero-order valence-electron chi connectivity index (χ0n) is 4.18. The van der Waals surface area contributed by atoms with Crippen LogP contribution in [0, 0.1) is 0 Å². The van der Waals surface area contributed by atoms with Gasteiger partial charge in [0.1, 0.15) is 0 Å². The lowest BCUT2D eigenvalue weighted by atomic mass is 10.3. The summed E-state index contributed by atoms with van der Waals surface area (Å²) in [4.78, 5) is 18.6. The summed E-state index contributed by atoms with van der Waals surface area (Å²) in [6, 6.07) is -2.46. The van der Waals surface area contributed by atoms with E-state index in [1.165, 1.54) is 0 Å². The maximum atomic E-state index is 11.6. The Kier molecular flexibility index (Phi) is 2.90. The van der Waals surface area contributed by atoms with E-state index >= 15 is 0 Å². The van der Waals surface area contributed by atoms with Crippen LogP contribution in [0.1, 0.15) is 0 Å². The summed E-state index contributed by atoms with van der Waals surface area (Å²) < 4.78 is 34.3. The van der Waals surface area contributed by atoms with Crippen molar-refractivity contribution < 1.29 is 22.8 Å². The molecule has 0 heterocycles. The highest BCUT2D eigenvalue weighted by Gasteiger charge is 2.27. The summed E-state index contributed by atoms with van der Waals surface area (Å²) in [5.41, 5.74) is 0. The second kappa shape index (κ2) is 3.21. The molecule has 2 atom stereocenters. The molecule has 2 unspecified atom stereocenters. The molecule has 9 heavy (non-hydrogen) atoms. The van der Waals surface area contributed by atoms with E-state index in [1.807, 2.05) is 0 Å². The minimum absolute atomic E-state index is 0.470. The van der Waals surface area contributed by atoms with Gasteiger partial charge in [-0.25, -0.2) is 8.78 Å². The molecule has 0 fully saturated rings. The Balaban J connectivity index is 3.86. The van der Waals surface area contributed by atoms with E-state index < -0.39 is 24.7 Å². The standard InChI is InChI=1S/C4H3F3O2/c5-2(1-8)3(6)4(7)9/h1-3H. The van der Waals surface area contributed by atoms with Crippen molar-refractivity contribution in [2.75, 3.05) is 0 Å². The van der Waals surface area contributed by atoms with Crippen molar-refractivity contribution in [1.29, 1.82) is 0 Å². The number of carbonyl (C=O) groups is 2. The van der Waals surface area contributed by atoms with Gasteiger partial charge in [0, 0.05) is 0 Å². The summed E-state index contributed by atoms with van der Waals surface area (Å²) in [5.74, 6) is 0. The molecule has 5 heteroatoms. The molecule has 0 bridgehead atoms. The first-order chi connectivity index (χ1) is 4.09. The molecule has 0 aromatic carbocycles. The first-order valence-corrected chi connectivity index (χ1v) is 2.02. The van der Waals surface area contributed by atoms with Gasteiger partial charge in [0.15, 0.2) is 12.5 Å². The van der Waals surface area contributed by atoms with E-state index in [9.17, 15) is 22.8 Å². The number of aldehydes is 1. The van der Waals surface area contributed by atoms with Crippen LogP contribution in [-0.4, -0.2) is 24.7 Å². The third-order valence-electron chi connectivity index (χ3n) is 0.626. The number of hydrogen-bond acceptors (Lipinski definition) is 2. The fraction of sp³-hybridized carbons (Fsp3) is 0.500. The van der Waals surface area contributed by atoms with E-state index in [4.69, 9.17) is 0 Å². The minimum atomic E-state index is -2.96. The lowest BCUT2D eigenvalue weighted by Crippen LogP contribution is -2.24. The molecule has 0 saturated carbocycles. The molecule has 0 rings (SSSR count). The Morgan fingerprint density at radius 3 is 2.00 bits per heavy atom. The average Bonchev–Trinajstić information content (AvgIpc) is 1.84. The molecule has 0 aliphatic carbocycles. The molecule has 52 valence electrons. The van der Waals surface area contributed by atoms with Crippen molar-refractivity contribution >= 4 is 12.3 Å². The van der Waals surface area contributed by atoms with Gasteiger partial charge in [-0.3, -0.25) is 9.59 Å². The Labute approximate surface area is 48.7 Å². The van der Waals surface area contributed by atoms with Crippen LogP contribution in [0.2, 0.25) is 0 Å². The Bertz CT molecular complexity index is 125. The molecular formula is C4H3F3O2. The fourth-order valence-electron chi connectivity index (χ4n) is 0.194. The monoisotopic (exact) mass is 140 g/mol. The number of alkyl halides is 2. The summed E-state index contributed by atoms with van der Waals surface area (Å²) in [6.07, 6.45) is -6.10. The summed E-state index contributed by atoms with van der Waals surface area (Å²) >= 11 is 0. The van der Waals surface area contributed by atoms with Gasteiger partial charge in [-0.1, -0.05) is 0 Å². The van der Waals surface area contributed by atoms with Crippen LogP contribution in [0.15, 0.2) is 0 Å². The first kappa shape index (κ1) is 8.13. The van der Waals surface area contributed by atoms with Gasteiger partial charge >= 0.3 is 6.04 Å². The van der Waals surface area contributed by atoms with Gasteiger partial charge in [-0.05, 0) is 0 Å². The van der Waals surface area contributed by atoms with Gasteiger partial charge in [-0.15, -0.1) is 0 Å². The number of hydrogen-bond donors (Lipinski definition) is 0. The van der Waals surface area contributed by atoms with Crippen molar-refractivity contribution in [3.05, 3.63) is 0 Å². The van der Waals surface area contributed by atoms with Crippen LogP contribution in [0.4, 0.5) is 13.2 Å². The lowest BCUT2D eigenvalue weighted by Gasteiger charge is -1.97. The highest BCUT2D eigenvalue weighted by molar-refractivity contribution is 5.78. The van der Waals surface area contributed by atoms with Crippen molar-refractivity contribution in [2.45, 2.75) is 12.3 Å². The van der Waals surface area contributed by atoms with Crippen molar-refractivity contribution in [3.63, 3.8) is 0 Å². The van der Waals surface area contributed by atoms with Gasteiger partial charge in [-0.2, -0.15) is 4.39 Å². The van der Waals surface area contributed by atoms with E-state index in [-0.39, 0.29) is 0 Å². The zero-order valence-corrected chi connectivity index (χ0v) is 4.18. The predicted octanol–water partition coefficient (Wildman–Crippen LogP) is 0.358. The molecule has 0 aromatic heterocycles. The highest BCUT2D eigenvalue weighted by Crippen LogP contribution is 2.02. The van der Waals surface area contributed by atoms with E-state index in [0.29, 0.717) is 0 Å². The van der Waals surface area contributed by atoms with E-state index in [1.54, 1.807) is 0 Å². The minimum Gasteiger partial charge on any atom is -0.300 e. The van der Waals surface area contributed by atoms with Crippen LogP contribution in [0.25, 0.3) is 0 Å². The molecule has 0 amide bonds. The molecule has 0 spiro atoms. The molecule has 0 N–H and O–H groups in total. The van der Waals surface area contributed by atoms with Crippen LogP contribution in [0.5, 0.6) is 0 Å². The van der Waals surface area contributed by atoms with Gasteiger partial charge in [0.2, 0.25) is 6.17 Å². The van der Waals surface area contributed by atoms with Crippen LogP contribution in [-0.2, 0) is 9.59 Å². The maximum absolute atomic E-state index is 11.6. The van der Waals surface area contributed by atoms with Gasteiger partial charge < -0.3 is 0 Å². The Morgan fingerprint density at radius 2 is 1.89 bits per heavy atom. The summed E-state index contributed by atoms with van der Waals surface area (Å²) in [6.45, 7) is 0. The number of rotatable bonds is 3.